The van der Waals surface area contributed by atoms with Gasteiger partial charge in [0.2, 0.25) is 5.91 Å². The van der Waals surface area contributed by atoms with Gasteiger partial charge in [0.25, 0.3) is 0 Å². The SMILES string of the molecule is O=C(CSCc1ccc(Br)cc1)NC1CCCCCC1. The van der Waals surface area contributed by atoms with Crippen LogP contribution in [-0.4, -0.2) is 17.7 Å². The Morgan fingerprint density at radius 2 is 1.80 bits per heavy atom. The van der Waals surface area contributed by atoms with E-state index in [9.17, 15) is 4.79 Å². The Labute approximate surface area is 134 Å². The number of amides is 1. The van der Waals surface area contributed by atoms with Crippen LogP contribution < -0.4 is 5.32 Å². The van der Waals surface area contributed by atoms with Crippen LogP contribution in [0.3, 0.4) is 0 Å². The minimum absolute atomic E-state index is 0.194. The van der Waals surface area contributed by atoms with Gasteiger partial charge in [0, 0.05) is 16.3 Å². The highest BCUT2D eigenvalue weighted by Gasteiger charge is 2.14. The first-order valence-electron chi connectivity index (χ1n) is 7.35. The second-order valence-electron chi connectivity index (χ2n) is 5.38. The average Bonchev–Trinajstić information content (AvgIpc) is 2.70. The number of benzene rings is 1. The van der Waals surface area contributed by atoms with E-state index in [1.54, 1.807) is 11.8 Å². The standard InChI is InChI=1S/C16H22BrNOS/c17-14-9-7-13(8-10-14)11-20-12-16(19)18-15-5-3-1-2-4-6-15/h7-10,15H,1-6,11-12H2,(H,18,19). The molecule has 0 atom stereocenters. The van der Waals surface area contributed by atoms with Crippen molar-refractivity contribution in [2.45, 2.75) is 50.3 Å². The first-order valence-corrected chi connectivity index (χ1v) is 9.30. The van der Waals surface area contributed by atoms with Crippen molar-refractivity contribution in [1.29, 1.82) is 0 Å². The number of carbonyl (C=O) groups is 1. The molecule has 0 radical (unpaired) electrons. The maximum Gasteiger partial charge on any atom is 0.230 e. The Balaban J connectivity index is 1.65. The monoisotopic (exact) mass is 355 g/mol. The van der Waals surface area contributed by atoms with Crippen LogP contribution in [0, 0.1) is 0 Å². The van der Waals surface area contributed by atoms with Gasteiger partial charge in [-0.3, -0.25) is 4.79 Å². The summed E-state index contributed by atoms with van der Waals surface area (Å²) in [4.78, 5) is 11.9. The van der Waals surface area contributed by atoms with E-state index in [-0.39, 0.29) is 5.91 Å². The second-order valence-corrected chi connectivity index (χ2v) is 7.28. The Bertz CT molecular complexity index is 413. The summed E-state index contributed by atoms with van der Waals surface area (Å²) in [5.74, 6) is 1.65. The molecule has 2 rings (SSSR count). The molecule has 1 aliphatic rings. The van der Waals surface area contributed by atoms with Gasteiger partial charge in [-0.15, -0.1) is 11.8 Å². The highest BCUT2D eigenvalue weighted by Crippen LogP contribution is 2.18. The Hall–Kier alpha value is -0.480. The predicted octanol–water partition coefficient (Wildman–Crippen LogP) is 4.52. The van der Waals surface area contributed by atoms with Gasteiger partial charge < -0.3 is 5.32 Å². The number of rotatable bonds is 5. The van der Waals surface area contributed by atoms with Crippen molar-refractivity contribution in [3.63, 3.8) is 0 Å². The molecule has 0 aromatic heterocycles. The summed E-state index contributed by atoms with van der Waals surface area (Å²) in [7, 11) is 0. The molecular formula is C16H22BrNOS. The Kier molecular flexibility index (Phi) is 6.94. The molecule has 110 valence electrons. The van der Waals surface area contributed by atoms with Crippen LogP contribution in [0.15, 0.2) is 28.7 Å². The van der Waals surface area contributed by atoms with Crippen LogP contribution in [0.4, 0.5) is 0 Å². The van der Waals surface area contributed by atoms with E-state index in [1.807, 2.05) is 12.1 Å². The van der Waals surface area contributed by atoms with E-state index in [2.05, 4.69) is 33.4 Å². The molecule has 1 aliphatic carbocycles. The molecule has 20 heavy (non-hydrogen) atoms. The predicted molar refractivity (Wildman–Crippen MR) is 89.9 cm³/mol. The summed E-state index contributed by atoms with van der Waals surface area (Å²) in [5.41, 5.74) is 1.26. The summed E-state index contributed by atoms with van der Waals surface area (Å²) in [6.45, 7) is 0. The molecule has 4 heteroatoms. The molecule has 1 saturated carbocycles. The molecule has 1 fully saturated rings. The topological polar surface area (TPSA) is 29.1 Å². The third-order valence-corrected chi connectivity index (χ3v) is 5.17. The van der Waals surface area contributed by atoms with Crippen molar-refractivity contribution in [1.82, 2.24) is 5.32 Å². The molecular weight excluding hydrogens is 334 g/mol. The minimum atomic E-state index is 0.194. The van der Waals surface area contributed by atoms with Gasteiger partial charge in [-0.2, -0.15) is 0 Å². The van der Waals surface area contributed by atoms with Crippen LogP contribution in [0.1, 0.15) is 44.1 Å². The van der Waals surface area contributed by atoms with E-state index >= 15 is 0 Å². The molecule has 1 aromatic rings. The fourth-order valence-electron chi connectivity index (χ4n) is 2.54. The molecule has 0 spiro atoms. The lowest BCUT2D eigenvalue weighted by atomic mass is 10.1. The smallest absolute Gasteiger partial charge is 0.230 e. The third-order valence-electron chi connectivity index (χ3n) is 3.64. The van der Waals surface area contributed by atoms with E-state index < -0.39 is 0 Å². The maximum atomic E-state index is 11.9. The highest BCUT2D eigenvalue weighted by molar-refractivity contribution is 9.10. The van der Waals surface area contributed by atoms with E-state index in [4.69, 9.17) is 0 Å². The number of hydrogen-bond acceptors (Lipinski definition) is 2. The third kappa shape index (κ3) is 5.88. The number of nitrogens with one attached hydrogen (secondary N) is 1. The number of halogens is 1. The van der Waals surface area contributed by atoms with Crippen molar-refractivity contribution < 1.29 is 4.79 Å². The van der Waals surface area contributed by atoms with Gasteiger partial charge in [-0.05, 0) is 30.5 Å². The summed E-state index contributed by atoms with van der Waals surface area (Å²) in [6.07, 6.45) is 7.48. The van der Waals surface area contributed by atoms with Crippen LogP contribution in [0.5, 0.6) is 0 Å². The lowest BCUT2D eigenvalue weighted by Crippen LogP contribution is -2.35. The quantitative estimate of drug-likeness (QED) is 0.786. The molecule has 0 unspecified atom stereocenters. The zero-order chi connectivity index (χ0) is 14.2. The van der Waals surface area contributed by atoms with E-state index in [0.29, 0.717) is 11.8 Å². The maximum absolute atomic E-state index is 11.9. The molecule has 0 saturated heterocycles. The lowest BCUT2D eigenvalue weighted by molar-refractivity contribution is -0.119. The summed E-state index contributed by atoms with van der Waals surface area (Å²) < 4.78 is 1.09. The Morgan fingerprint density at radius 1 is 1.15 bits per heavy atom. The lowest BCUT2D eigenvalue weighted by Gasteiger charge is -2.15. The fraction of sp³-hybridized carbons (Fsp3) is 0.562. The van der Waals surface area contributed by atoms with Crippen molar-refractivity contribution in [3.8, 4) is 0 Å². The van der Waals surface area contributed by atoms with E-state index in [1.165, 1.54) is 31.2 Å². The molecule has 0 heterocycles. The van der Waals surface area contributed by atoms with Crippen molar-refractivity contribution in [2.24, 2.45) is 0 Å². The van der Waals surface area contributed by atoms with Gasteiger partial charge in [-0.1, -0.05) is 53.7 Å². The summed E-state index contributed by atoms with van der Waals surface area (Å²) >= 11 is 5.11. The van der Waals surface area contributed by atoms with Gasteiger partial charge in [0.1, 0.15) is 0 Å². The average molecular weight is 356 g/mol. The zero-order valence-corrected chi connectivity index (χ0v) is 14.1. The highest BCUT2D eigenvalue weighted by atomic mass is 79.9. The number of thioether (sulfide) groups is 1. The van der Waals surface area contributed by atoms with Crippen LogP contribution in [0.2, 0.25) is 0 Å². The molecule has 1 amide bonds. The van der Waals surface area contributed by atoms with Crippen LogP contribution in [-0.2, 0) is 10.5 Å². The second kappa shape index (κ2) is 8.73. The minimum Gasteiger partial charge on any atom is -0.353 e. The molecule has 2 nitrogen and oxygen atoms in total. The largest absolute Gasteiger partial charge is 0.353 e. The molecule has 0 aliphatic heterocycles. The number of carbonyl (C=O) groups excluding carboxylic acids is 1. The van der Waals surface area contributed by atoms with E-state index in [0.717, 1.165) is 23.1 Å². The Morgan fingerprint density at radius 3 is 2.45 bits per heavy atom. The normalized spacial score (nSPS) is 16.6. The van der Waals surface area contributed by atoms with Gasteiger partial charge in [0.05, 0.1) is 5.75 Å². The fourth-order valence-corrected chi connectivity index (χ4v) is 3.60. The van der Waals surface area contributed by atoms with Crippen LogP contribution >= 0.6 is 27.7 Å². The number of hydrogen-bond donors (Lipinski definition) is 1. The summed E-state index contributed by atoms with van der Waals surface area (Å²) in [5, 5.41) is 3.19. The van der Waals surface area contributed by atoms with Crippen molar-refractivity contribution in [3.05, 3.63) is 34.3 Å². The molecule has 0 bridgehead atoms. The first-order chi connectivity index (χ1) is 9.74. The zero-order valence-electron chi connectivity index (χ0n) is 11.7. The van der Waals surface area contributed by atoms with Gasteiger partial charge in [0.15, 0.2) is 0 Å². The first kappa shape index (κ1) is 15.9. The molecule has 1 aromatic carbocycles. The summed E-state index contributed by atoms with van der Waals surface area (Å²) in [6, 6.07) is 8.70. The van der Waals surface area contributed by atoms with Crippen molar-refractivity contribution in [2.75, 3.05) is 5.75 Å². The molecule has 1 N–H and O–H groups in total. The van der Waals surface area contributed by atoms with Gasteiger partial charge >= 0.3 is 0 Å². The van der Waals surface area contributed by atoms with Crippen LogP contribution in [0.25, 0.3) is 0 Å². The van der Waals surface area contributed by atoms with Gasteiger partial charge in [-0.25, -0.2) is 0 Å². The van der Waals surface area contributed by atoms with Crippen molar-refractivity contribution >= 4 is 33.6 Å².